The summed E-state index contributed by atoms with van der Waals surface area (Å²) in [5, 5.41) is -0.224. The van der Waals surface area contributed by atoms with Gasteiger partial charge in [0.1, 0.15) is 5.82 Å². The first kappa shape index (κ1) is 19.1. The van der Waals surface area contributed by atoms with Gasteiger partial charge in [0.25, 0.3) is 5.56 Å². The van der Waals surface area contributed by atoms with Gasteiger partial charge in [0.05, 0.1) is 11.9 Å². The number of hydrogen-bond donors (Lipinski definition) is 0. The van der Waals surface area contributed by atoms with Crippen molar-refractivity contribution < 1.29 is 21.7 Å². The molecule has 1 saturated carbocycles. The summed E-state index contributed by atoms with van der Waals surface area (Å²) in [6.45, 7) is -0.361. The second-order valence-electron chi connectivity index (χ2n) is 9.29. The van der Waals surface area contributed by atoms with Crippen LogP contribution < -0.4 is 10.3 Å². The molecule has 33 heavy (non-hydrogen) atoms. The van der Waals surface area contributed by atoms with Crippen molar-refractivity contribution in [2.45, 2.75) is 50.6 Å². The molecule has 2 aromatic rings. The molecule has 0 amide bonds. The molecular weight excluding hydrogens is 445 g/mol. The van der Waals surface area contributed by atoms with Gasteiger partial charge in [-0.3, -0.25) is 9.69 Å². The zero-order chi connectivity index (χ0) is 25.7. The summed E-state index contributed by atoms with van der Waals surface area (Å²) in [6, 6.07) is 7.72. The van der Waals surface area contributed by atoms with Crippen molar-refractivity contribution >= 4 is 10.0 Å². The third-order valence-electron chi connectivity index (χ3n) is 6.82. The van der Waals surface area contributed by atoms with E-state index in [-0.39, 0.29) is 35.9 Å². The summed E-state index contributed by atoms with van der Waals surface area (Å²) in [7, 11) is -3.19. The van der Waals surface area contributed by atoms with Gasteiger partial charge in [0, 0.05) is 49.5 Å². The Balaban J connectivity index is 1.25. The van der Waals surface area contributed by atoms with E-state index in [4.69, 9.17) is 8.85 Å². The fourth-order valence-electron chi connectivity index (χ4n) is 4.68. The van der Waals surface area contributed by atoms with Gasteiger partial charge in [0.2, 0.25) is 10.0 Å². The largest absolute Gasteiger partial charge is 0.488 e. The molecule has 1 saturated heterocycles. The molecule has 0 N–H and O–H groups in total. The van der Waals surface area contributed by atoms with Gasteiger partial charge in [0.15, 0.2) is 5.75 Å². The highest BCUT2D eigenvalue weighted by Gasteiger charge is 2.41. The van der Waals surface area contributed by atoms with Crippen molar-refractivity contribution in [1.29, 1.82) is 0 Å². The number of benzene rings is 1. The first-order valence-electron chi connectivity index (χ1n) is 12.9. The minimum atomic E-state index is -3.19. The van der Waals surface area contributed by atoms with E-state index in [1.807, 2.05) is 4.90 Å². The van der Waals surface area contributed by atoms with Gasteiger partial charge in [-0.15, -0.1) is 0 Å². The Morgan fingerprint density at radius 1 is 1.09 bits per heavy atom. The molecule has 0 bridgehead atoms. The first-order chi connectivity index (χ1) is 17.0. The highest BCUT2D eigenvalue weighted by Crippen LogP contribution is 2.33. The van der Waals surface area contributed by atoms with E-state index in [2.05, 4.69) is 0 Å². The van der Waals surface area contributed by atoms with Gasteiger partial charge in [-0.05, 0) is 67.0 Å². The summed E-state index contributed by atoms with van der Waals surface area (Å²) in [4.78, 5) is 15.1. The van der Waals surface area contributed by atoms with E-state index in [9.17, 15) is 17.6 Å². The molecule has 2 fully saturated rings. The van der Waals surface area contributed by atoms with Gasteiger partial charge >= 0.3 is 0 Å². The van der Waals surface area contributed by atoms with Gasteiger partial charge in [-0.1, -0.05) is 6.07 Å². The number of sulfonamides is 1. The minimum Gasteiger partial charge on any atom is -0.488 e. The lowest BCUT2D eigenvalue weighted by Crippen LogP contribution is -2.41. The average molecular weight is 479 g/mol. The zero-order valence-electron chi connectivity index (χ0n) is 21.4. The number of aromatic nitrogens is 1. The fourth-order valence-corrected chi connectivity index (χ4v) is 6.55. The van der Waals surface area contributed by atoms with Crippen LogP contribution in [0.2, 0.25) is 0 Å². The molecule has 5 rings (SSSR count). The Bertz CT molecular complexity index is 1300. The maximum absolute atomic E-state index is 13.6. The lowest BCUT2D eigenvalue weighted by molar-refractivity contribution is 0.183. The molecule has 2 aliphatic heterocycles. The summed E-state index contributed by atoms with van der Waals surface area (Å²) < 4.78 is 70.4. The Kier molecular flexibility index (Phi) is 5.13. The van der Waals surface area contributed by atoms with Crippen molar-refractivity contribution in [2.75, 3.05) is 19.7 Å². The standard InChI is InChI=1S/C24H30FN3O4S/c1-26-21(15-27-13-18-2-3-20(25)12-19(18)14-27)4-7-23(24(26)29)32-16-17-8-10-28(11-9-17)33(30,31)22-5-6-22/h2-4,7,12,17,22H,5-6,8-11,13-16H2,1H3/i1D3. The number of ether oxygens (including phenoxy) is 1. The van der Waals surface area contributed by atoms with Crippen LogP contribution in [0.25, 0.3) is 0 Å². The van der Waals surface area contributed by atoms with E-state index in [0.29, 0.717) is 44.7 Å². The lowest BCUT2D eigenvalue weighted by atomic mass is 9.99. The molecule has 0 unspecified atom stereocenters. The SMILES string of the molecule is [2H]C([2H])([2H])n1c(CN2Cc3ccc(F)cc3C2)ccc(OCC2CCN(S(=O)(=O)C3CC3)CC2)c1=O. The van der Waals surface area contributed by atoms with Crippen LogP contribution in [0.4, 0.5) is 4.39 Å². The number of fused-ring (bicyclic) bond motifs is 1. The smallest absolute Gasteiger partial charge is 0.292 e. The second kappa shape index (κ2) is 8.85. The Morgan fingerprint density at radius 3 is 2.58 bits per heavy atom. The number of pyridine rings is 1. The highest BCUT2D eigenvalue weighted by atomic mass is 32.2. The molecule has 0 atom stereocenters. The Hall–Kier alpha value is -2.23. The topological polar surface area (TPSA) is 71.8 Å². The predicted molar refractivity (Wildman–Crippen MR) is 123 cm³/mol. The molecule has 1 aromatic heterocycles. The van der Waals surface area contributed by atoms with Crippen LogP contribution in [0.15, 0.2) is 35.1 Å². The summed E-state index contributed by atoms with van der Waals surface area (Å²) >= 11 is 0. The van der Waals surface area contributed by atoms with Crippen molar-refractivity contribution in [3.05, 3.63) is 63.3 Å². The maximum Gasteiger partial charge on any atom is 0.292 e. The van der Waals surface area contributed by atoms with Crippen LogP contribution >= 0.6 is 0 Å². The van der Waals surface area contributed by atoms with Crippen LogP contribution in [0.3, 0.4) is 0 Å². The zero-order valence-corrected chi connectivity index (χ0v) is 19.2. The van der Waals surface area contributed by atoms with Crippen LogP contribution in [0.1, 0.15) is 46.6 Å². The summed E-state index contributed by atoms with van der Waals surface area (Å²) in [5.74, 6) is -0.263. The Morgan fingerprint density at radius 2 is 1.85 bits per heavy atom. The van der Waals surface area contributed by atoms with E-state index in [0.717, 1.165) is 28.5 Å². The molecule has 7 nitrogen and oxygen atoms in total. The van der Waals surface area contributed by atoms with Crippen molar-refractivity contribution in [1.82, 2.24) is 13.8 Å². The van der Waals surface area contributed by atoms with E-state index < -0.39 is 22.6 Å². The summed E-state index contributed by atoms with van der Waals surface area (Å²) in [6.07, 6.45) is 2.74. The third-order valence-corrected chi connectivity index (χ3v) is 9.22. The molecule has 1 aliphatic carbocycles. The second-order valence-corrected chi connectivity index (χ2v) is 11.5. The molecule has 1 aromatic carbocycles. The number of halogens is 1. The number of nitrogens with zero attached hydrogens (tertiary/aromatic N) is 3. The molecule has 178 valence electrons. The average Bonchev–Trinajstić information content (AvgIpc) is 3.60. The third kappa shape index (κ3) is 4.72. The number of piperidine rings is 1. The van der Waals surface area contributed by atoms with E-state index >= 15 is 0 Å². The minimum absolute atomic E-state index is 0.0327. The van der Waals surface area contributed by atoms with Crippen molar-refractivity contribution in [2.24, 2.45) is 12.9 Å². The fraction of sp³-hybridized carbons (Fsp3) is 0.542. The van der Waals surface area contributed by atoms with Gasteiger partial charge in [-0.25, -0.2) is 17.1 Å². The van der Waals surface area contributed by atoms with Gasteiger partial charge in [-0.2, -0.15) is 0 Å². The molecular formula is C24H30FN3O4S. The first-order valence-corrected chi connectivity index (χ1v) is 12.9. The molecule has 9 heteroatoms. The maximum atomic E-state index is 13.6. The molecule has 3 heterocycles. The number of rotatable bonds is 7. The summed E-state index contributed by atoms with van der Waals surface area (Å²) in [5.41, 5.74) is 1.45. The van der Waals surface area contributed by atoms with Crippen molar-refractivity contribution in [3.63, 3.8) is 0 Å². The van der Waals surface area contributed by atoms with Crippen molar-refractivity contribution in [3.8, 4) is 5.75 Å². The van der Waals surface area contributed by atoms with Crippen LogP contribution in [0, 0.1) is 11.7 Å². The van der Waals surface area contributed by atoms with E-state index in [1.54, 1.807) is 16.4 Å². The van der Waals surface area contributed by atoms with Crippen LogP contribution in [-0.2, 0) is 36.6 Å². The quantitative estimate of drug-likeness (QED) is 0.612. The Labute approximate surface area is 198 Å². The molecule has 3 aliphatic rings. The number of hydrogen-bond acceptors (Lipinski definition) is 5. The lowest BCUT2D eigenvalue weighted by Gasteiger charge is -2.31. The monoisotopic (exact) mass is 478 g/mol. The normalized spacial score (nSPS) is 21.9. The predicted octanol–water partition coefficient (Wildman–Crippen LogP) is 2.62. The van der Waals surface area contributed by atoms with Gasteiger partial charge < -0.3 is 9.30 Å². The van der Waals surface area contributed by atoms with Crippen LogP contribution in [-0.4, -0.2) is 47.1 Å². The molecule has 0 spiro atoms. The van der Waals surface area contributed by atoms with Crippen LogP contribution in [0.5, 0.6) is 5.75 Å². The van der Waals surface area contributed by atoms with E-state index in [1.165, 1.54) is 18.2 Å². The highest BCUT2D eigenvalue weighted by molar-refractivity contribution is 7.90. The molecule has 0 radical (unpaired) electrons.